The third-order valence-corrected chi connectivity index (χ3v) is 6.14. The highest BCUT2D eigenvalue weighted by Crippen LogP contribution is 2.49. The molecule has 104 valence electrons. The normalized spacial score (nSPS) is 44.2. The van der Waals surface area contributed by atoms with Crippen LogP contribution in [-0.2, 0) is 0 Å². The van der Waals surface area contributed by atoms with Crippen molar-refractivity contribution in [2.24, 2.45) is 23.2 Å². The van der Waals surface area contributed by atoms with E-state index in [0.717, 1.165) is 29.8 Å². The van der Waals surface area contributed by atoms with Crippen LogP contribution in [0.3, 0.4) is 0 Å². The average Bonchev–Trinajstić information content (AvgIpc) is 2.89. The summed E-state index contributed by atoms with van der Waals surface area (Å²) in [7, 11) is 0. The fourth-order valence-electron chi connectivity index (χ4n) is 5.24. The van der Waals surface area contributed by atoms with Gasteiger partial charge < -0.3 is 5.32 Å². The predicted octanol–water partition coefficient (Wildman–Crippen LogP) is 4.37. The Morgan fingerprint density at radius 3 is 2.56 bits per heavy atom. The van der Waals surface area contributed by atoms with Crippen LogP contribution in [0.1, 0.15) is 72.1 Å². The summed E-state index contributed by atoms with van der Waals surface area (Å²) < 4.78 is 0. The average molecular weight is 249 g/mol. The van der Waals surface area contributed by atoms with Crippen LogP contribution in [0.2, 0.25) is 0 Å². The number of hydrogen-bond donors (Lipinski definition) is 1. The lowest BCUT2D eigenvalue weighted by atomic mass is 9.74. The second-order valence-corrected chi connectivity index (χ2v) is 8.25. The third kappa shape index (κ3) is 2.61. The molecule has 3 saturated carbocycles. The smallest absolute Gasteiger partial charge is 0.00747 e. The Labute approximate surface area is 113 Å². The quantitative estimate of drug-likeness (QED) is 0.783. The van der Waals surface area contributed by atoms with Crippen LogP contribution < -0.4 is 5.32 Å². The molecular weight excluding hydrogens is 218 g/mol. The first-order chi connectivity index (χ1) is 8.53. The maximum Gasteiger partial charge on any atom is 0.00747 e. The molecule has 5 atom stereocenters. The van der Waals surface area contributed by atoms with Gasteiger partial charge in [0.1, 0.15) is 0 Å². The first-order valence-electron chi connectivity index (χ1n) is 8.29. The summed E-state index contributed by atoms with van der Waals surface area (Å²) in [6.07, 6.45) is 11.8. The van der Waals surface area contributed by atoms with Crippen LogP contribution in [-0.4, -0.2) is 12.1 Å². The monoisotopic (exact) mass is 249 g/mol. The van der Waals surface area contributed by atoms with Crippen molar-refractivity contribution >= 4 is 0 Å². The first kappa shape index (κ1) is 13.0. The van der Waals surface area contributed by atoms with Crippen molar-refractivity contribution in [1.29, 1.82) is 0 Å². The van der Waals surface area contributed by atoms with Gasteiger partial charge in [-0.05, 0) is 68.6 Å². The van der Waals surface area contributed by atoms with Crippen LogP contribution in [0.5, 0.6) is 0 Å². The molecule has 1 nitrogen and oxygen atoms in total. The highest BCUT2D eigenvalue weighted by molar-refractivity contribution is 4.95. The van der Waals surface area contributed by atoms with E-state index in [1.165, 1.54) is 44.9 Å². The summed E-state index contributed by atoms with van der Waals surface area (Å²) in [4.78, 5) is 0. The van der Waals surface area contributed by atoms with Gasteiger partial charge in [0.15, 0.2) is 0 Å². The minimum atomic E-state index is 0.574. The minimum absolute atomic E-state index is 0.574. The second kappa shape index (κ2) is 4.81. The van der Waals surface area contributed by atoms with Crippen LogP contribution in [0.4, 0.5) is 0 Å². The van der Waals surface area contributed by atoms with E-state index in [-0.39, 0.29) is 0 Å². The van der Waals surface area contributed by atoms with E-state index in [4.69, 9.17) is 0 Å². The largest absolute Gasteiger partial charge is 0.311 e. The van der Waals surface area contributed by atoms with Crippen molar-refractivity contribution < 1.29 is 0 Å². The molecular formula is C17H31N. The van der Waals surface area contributed by atoms with Crippen molar-refractivity contribution in [1.82, 2.24) is 5.32 Å². The molecule has 0 aromatic rings. The Balaban J connectivity index is 1.53. The molecule has 3 rings (SSSR count). The zero-order valence-corrected chi connectivity index (χ0v) is 12.5. The van der Waals surface area contributed by atoms with Gasteiger partial charge >= 0.3 is 0 Å². The summed E-state index contributed by atoms with van der Waals surface area (Å²) in [6, 6.07) is 1.56. The van der Waals surface area contributed by atoms with Crippen molar-refractivity contribution in [3.63, 3.8) is 0 Å². The van der Waals surface area contributed by atoms with E-state index in [1.54, 1.807) is 6.42 Å². The zero-order chi connectivity index (χ0) is 12.8. The summed E-state index contributed by atoms with van der Waals surface area (Å²) in [5, 5.41) is 4.00. The summed E-state index contributed by atoms with van der Waals surface area (Å²) in [5.74, 6) is 3.15. The van der Waals surface area contributed by atoms with Crippen LogP contribution in [0, 0.1) is 23.2 Å². The van der Waals surface area contributed by atoms with Gasteiger partial charge in [-0.3, -0.25) is 0 Å². The van der Waals surface area contributed by atoms with E-state index in [9.17, 15) is 0 Å². The SMILES string of the molecule is CC(NC1CCCC(C)(C)C1)C1CC2CCC1C2. The number of rotatable bonds is 3. The van der Waals surface area contributed by atoms with E-state index < -0.39 is 0 Å². The summed E-state index contributed by atoms with van der Waals surface area (Å²) in [6.45, 7) is 7.36. The Hall–Kier alpha value is -0.0400. The van der Waals surface area contributed by atoms with Gasteiger partial charge in [-0.15, -0.1) is 0 Å². The Morgan fingerprint density at radius 2 is 1.94 bits per heavy atom. The van der Waals surface area contributed by atoms with Gasteiger partial charge in [-0.1, -0.05) is 26.7 Å². The number of fused-ring (bicyclic) bond motifs is 2. The molecule has 3 aliphatic carbocycles. The van der Waals surface area contributed by atoms with Gasteiger partial charge in [0, 0.05) is 12.1 Å². The molecule has 3 fully saturated rings. The van der Waals surface area contributed by atoms with Crippen molar-refractivity contribution in [2.75, 3.05) is 0 Å². The molecule has 5 unspecified atom stereocenters. The molecule has 0 aliphatic heterocycles. The van der Waals surface area contributed by atoms with Gasteiger partial charge in [0.2, 0.25) is 0 Å². The Bertz CT molecular complexity index is 296. The number of nitrogens with one attached hydrogen (secondary N) is 1. The second-order valence-electron chi connectivity index (χ2n) is 8.25. The predicted molar refractivity (Wildman–Crippen MR) is 77.6 cm³/mol. The standard InChI is InChI=1S/C17H31N/c1-12(16-10-13-6-7-14(16)9-13)18-15-5-4-8-17(2,3)11-15/h12-16,18H,4-11H2,1-3H3. The fraction of sp³-hybridized carbons (Fsp3) is 1.00. The van der Waals surface area contributed by atoms with Crippen molar-refractivity contribution in [3.8, 4) is 0 Å². The molecule has 0 heterocycles. The highest BCUT2D eigenvalue weighted by Gasteiger charge is 2.42. The zero-order valence-electron chi connectivity index (χ0n) is 12.5. The summed E-state index contributed by atoms with van der Waals surface area (Å²) >= 11 is 0. The molecule has 3 aliphatic rings. The number of hydrogen-bond acceptors (Lipinski definition) is 1. The van der Waals surface area contributed by atoms with E-state index in [1.807, 2.05) is 0 Å². The topological polar surface area (TPSA) is 12.0 Å². The maximum absolute atomic E-state index is 4.00. The minimum Gasteiger partial charge on any atom is -0.311 e. The van der Waals surface area contributed by atoms with Crippen molar-refractivity contribution in [2.45, 2.75) is 84.2 Å². The molecule has 0 radical (unpaired) electrons. The van der Waals surface area contributed by atoms with Crippen LogP contribution in [0.15, 0.2) is 0 Å². The molecule has 0 aromatic carbocycles. The molecule has 18 heavy (non-hydrogen) atoms. The molecule has 0 saturated heterocycles. The summed E-state index contributed by atoms with van der Waals surface area (Å²) in [5.41, 5.74) is 0.574. The maximum atomic E-state index is 4.00. The molecule has 0 spiro atoms. The lowest BCUT2D eigenvalue weighted by Gasteiger charge is -2.39. The Morgan fingerprint density at radius 1 is 1.11 bits per heavy atom. The first-order valence-corrected chi connectivity index (χ1v) is 8.29. The van der Waals surface area contributed by atoms with E-state index >= 15 is 0 Å². The van der Waals surface area contributed by atoms with Gasteiger partial charge in [0.25, 0.3) is 0 Å². The highest BCUT2D eigenvalue weighted by atomic mass is 15.0. The van der Waals surface area contributed by atoms with Crippen LogP contribution >= 0.6 is 0 Å². The third-order valence-electron chi connectivity index (χ3n) is 6.14. The van der Waals surface area contributed by atoms with Crippen LogP contribution in [0.25, 0.3) is 0 Å². The lowest BCUT2D eigenvalue weighted by Crippen LogP contribution is -2.45. The van der Waals surface area contributed by atoms with Gasteiger partial charge in [0.05, 0.1) is 0 Å². The van der Waals surface area contributed by atoms with E-state index in [0.29, 0.717) is 5.41 Å². The molecule has 1 heteroatoms. The van der Waals surface area contributed by atoms with E-state index in [2.05, 4.69) is 26.1 Å². The molecule has 0 aromatic heterocycles. The fourth-order valence-corrected chi connectivity index (χ4v) is 5.24. The van der Waals surface area contributed by atoms with Crippen molar-refractivity contribution in [3.05, 3.63) is 0 Å². The van der Waals surface area contributed by atoms with Gasteiger partial charge in [-0.2, -0.15) is 0 Å². The molecule has 2 bridgehead atoms. The van der Waals surface area contributed by atoms with Gasteiger partial charge in [-0.25, -0.2) is 0 Å². The lowest BCUT2D eigenvalue weighted by molar-refractivity contribution is 0.166. The molecule has 0 amide bonds. The Kier molecular flexibility index (Phi) is 3.47. The molecule has 1 N–H and O–H groups in total.